The average molecular weight is 398 g/mol. The zero-order chi connectivity index (χ0) is 20.3. The molecule has 2 amide bonds. The van der Waals surface area contributed by atoms with E-state index in [0.717, 1.165) is 0 Å². The van der Waals surface area contributed by atoms with Gasteiger partial charge in [-0.2, -0.15) is 9.57 Å². The van der Waals surface area contributed by atoms with Crippen LogP contribution in [0.1, 0.15) is 26.3 Å². The predicted molar refractivity (Wildman–Crippen MR) is 101 cm³/mol. The Bertz CT molecular complexity index is 1030. The lowest BCUT2D eigenvalue weighted by Gasteiger charge is -2.34. The Labute approximate surface area is 162 Å². The van der Waals surface area contributed by atoms with Crippen molar-refractivity contribution in [3.8, 4) is 6.07 Å². The van der Waals surface area contributed by atoms with Crippen molar-refractivity contribution in [1.82, 2.24) is 9.21 Å². The summed E-state index contributed by atoms with van der Waals surface area (Å²) in [5.74, 6) is -0.828. The molecule has 1 heterocycles. The number of benzene rings is 2. The second-order valence-electron chi connectivity index (χ2n) is 6.27. The lowest BCUT2D eigenvalue weighted by Crippen LogP contribution is -2.50. The highest BCUT2D eigenvalue weighted by Gasteiger charge is 2.30. The molecule has 0 saturated carbocycles. The Balaban J connectivity index is 1.67. The van der Waals surface area contributed by atoms with E-state index in [1.807, 2.05) is 6.07 Å². The van der Waals surface area contributed by atoms with Crippen molar-refractivity contribution in [2.24, 2.45) is 5.73 Å². The van der Waals surface area contributed by atoms with Crippen molar-refractivity contribution in [3.05, 3.63) is 65.2 Å². The molecule has 1 aliphatic rings. The van der Waals surface area contributed by atoms with Gasteiger partial charge < -0.3 is 10.6 Å². The minimum absolute atomic E-state index is 0.0735. The van der Waals surface area contributed by atoms with Crippen molar-refractivity contribution < 1.29 is 18.0 Å². The third-order valence-electron chi connectivity index (χ3n) is 4.56. The molecular formula is C19H18N4O4S. The summed E-state index contributed by atoms with van der Waals surface area (Å²) in [6, 6.07) is 13.8. The molecule has 2 aromatic carbocycles. The van der Waals surface area contributed by atoms with Crippen LogP contribution in [0.25, 0.3) is 0 Å². The van der Waals surface area contributed by atoms with Crippen LogP contribution in [-0.2, 0) is 10.0 Å². The van der Waals surface area contributed by atoms with E-state index in [1.165, 1.54) is 28.6 Å². The highest BCUT2D eigenvalue weighted by atomic mass is 32.2. The second kappa shape index (κ2) is 7.80. The zero-order valence-corrected chi connectivity index (χ0v) is 15.7. The first-order valence-electron chi connectivity index (χ1n) is 8.52. The summed E-state index contributed by atoms with van der Waals surface area (Å²) in [5, 5.41) is 8.83. The van der Waals surface area contributed by atoms with Crippen molar-refractivity contribution in [1.29, 1.82) is 5.26 Å². The van der Waals surface area contributed by atoms with Gasteiger partial charge in [-0.15, -0.1) is 0 Å². The number of sulfonamides is 1. The Hall–Kier alpha value is -3.22. The van der Waals surface area contributed by atoms with E-state index >= 15 is 0 Å². The molecule has 0 atom stereocenters. The van der Waals surface area contributed by atoms with Crippen LogP contribution in [0.5, 0.6) is 0 Å². The van der Waals surface area contributed by atoms with E-state index in [4.69, 9.17) is 11.0 Å². The van der Waals surface area contributed by atoms with Crippen LogP contribution < -0.4 is 5.73 Å². The summed E-state index contributed by atoms with van der Waals surface area (Å²) in [6.07, 6.45) is 0. The van der Waals surface area contributed by atoms with Gasteiger partial charge in [0.1, 0.15) is 0 Å². The number of piperazine rings is 1. The van der Waals surface area contributed by atoms with Crippen LogP contribution in [0.2, 0.25) is 0 Å². The number of nitrogens with two attached hydrogens (primary N) is 1. The first-order chi connectivity index (χ1) is 13.3. The maximum Gasteiger partial charge on any atom is 0.253 e. The lowest BCUT2D eigenvalue weighted by atomic mass is 10.1. The van der Waals surface area contributed by atoms with E-state index in [2.05, 4.69) is 0 Å². The molecule has 3 rings (SSSR count). The highest BCUT2D eigenvalue weighted by Crippen LogP contribution is 2.19. The Morgan fingerprint density at radius 3 is 1.93 bits per heavy atom. The topological polar surface area (TPSA) is 125 Å². The monoisotopic (exact) mass is 398 g/mol. The fourth-order valence-electron chi connectivity index (χ4n) is 2.94. The van der Waals surface area contributed by atoms with Crippen LogP contribution in [0.4, 0.5) is 0 Å². The standard InChI is InChI=1S/C19H18N4O4S/c20-13-14-1-3-16(4-2-14)19(25)22-9-11-23(12-10-22)28(26,27)17-7-5-15(6-8-17)18(21)24/h1-8H,9-12H2,(H2,21,24). The molecule has 0 unspecified atom stereocenters. The van der Waals surface area contributed by atoms with Crippen molar-refractivity contribution in [2.45, 2.75) is 4.90 Å². The average Bonchev–Trinajstić information content (AvgIpc) is 2.73. The first-order valence-corrected chi connectivity index (χ1v) is 9.96. The zero-order valence-electron chi connectivity index (χ0n) is 14.9. The van der Waals surface area contributed by atoms with Gasteiger partial charge in [0.05, 0.1) is 16.5 Å². The van der Waals surface area contributed by atoms with Gasteiger partial charge in [0.15, 0.2) is 0 Å². The van der Waals surface area contributed by atoms with Gasteiger partial charge in [-0.25, -0.2) is 8.42 Å². The Morgan fingerprint density at radius 1 is 0.893 bits per heavy atom. The molecule has 0 aliphatic carbocycles. The number of primary amides is 1. The van der Waals surface area contributed by atoms with Gasteiger partial charge in [0.25, 0.3) is 5.91 Å². The SMILES string of the molecule is N#Cc1ccc(C(=O)N2CCN(S(=O)(=O)c3ccc(C(N)=O)cc3)CC2)cc1. The van der Waals surface area contributed by atoms with Crippen LogP contribution in [-0.4, -0.2) is 55.6 Å². The maximum atomic E-state index is 12.8. The smallest absolute Gasteiger partial charge is 0.253 e. The fourth-order valence-corrected chi connectivity index (χ4v) is 4.36. The molecule has 2 N–H and O–H groups in total. The molecule has 1 aliphatic heterocycles. The van der Waals surface area contributed by atoms with Crippen LogP contribution >= 0.6 is 0 Å². The van der Waals surface area contributed by atoms with Crippen LogP contribution in [0.15, 0.2) is 53.4 Å². The van der Waals surface area contributed by atoms with Crippen molar-refractivity contribution in [2.75, 3.05) is 26.2 Å². The molecule has 1 saturated heterocycles. The Morgan fingerprint density at radius 2 is 1.43 bits per heavy atom. The minimum atomic E-state index is -3.72. The number of hydrogen-bond acceptors (Lipinski definition) is 5. The largest absolute Gasteiger partial charge is 0.366 e. The first kappa shape index (κ1) is 19.5. The molecule has 2 aromatic rings. The van der Waals surface area contributed by atoms with Gasteiger partial charge in [-0.3, -0.25) is 9.59 Å². The molecule has 28 heavy (non-hydrogen) atoms. The summed E-state index contributed by atoms with van der Waals surface area (Å²) < 4.78 is 26.8. The number of hydrogen-bond donors (Lipinski definition) is 1. The summed E-state index contributed by atoms with van der Waals surface area (Å²) in [7, 11) is -3.72. The lowest BCUT2D eigenvalue weighted by molar-refractivity contribution is 0.0697. The molecular weight excluding hydrogens is 380 g/mol. The van der Waals surface area contributed by atoms with E-state index in [1.54, 1.807) is 29.2 Å². The second-order valence-corrected chi connectivity index (χ2v) is 8.21. The molecule has 1 fully saturated rings. The van der Waals surface area contributed by atoms with E-state index in [-0.39, 0.29) is 42.5 Å². The number of carbonyl (C=O) groups excluding carboxylic acids is 2. The molecule has 9 heteroatoms. The van der Waals surface area contributed by atoms with E-state index in [9.17, 15) is 18.0 Å². The van der Waals surface area contributed by atoms with Crippen molar-refractivity contribution >= 4 is 21.8 Å². The number of nitrogens with zero attached hydrogens (tertiary/aromatic N) is 3. The minimum Gasteiger partial charge on any atom is -0.366 e. The van der Waals surface area contributed by atoms with Gasteiger partial charge in [-0.05, 0) is 48.5 Å². The number of rotatable bonds is 4. The summed E-state index contributed by atoms with van der Waals surface area (Å²) in [6.45, 7) is 0.860. The molecule has 0 radical (unpaired) electrons. The normalized spacial score (nSPS) is 15.0. The number of nitriles is 1. The highest BCUT2D eigenvalue weighted by molar-refractivity contribution is 7.89. The van der Waals surface area contributed by atoms with Crippen LogP contribution in [0, 0.1) is 11.3 Å². The van der Waals surface area contributed by atoms with E-state index in [0.29, 0.717) is 11.1 Å². The van der Waals surface area contributed by atoms with Gasteiger partial charge >= 0.3 is 0 Å². The molecule has 0 aromatic heterocycles. The predicted octanol–water partition coefficient (Wildman–Crippen LogP) is 0.804. The molecule has 0 spiro atoms. The summed E-state index contributed by atoms with van der Waals surface area (Å²) >= 11 is 0. The van der Waals surface area contributed by atoms with E-state index < -0.39 is 15.9 Å². The quantitative estimate of drug-likeness (QED) is 0.816. The summed E-state index contributed by atoms with van der Waals surface area (Å²) in [5.41, 5.74) is 6.33. The molecule has 0 bridgehead atoms. The molecule has 8 nitrogen and oxygen atoms in total. The molecule has 144 valence electrons. The van der Waals surface area contributed by atoms with Gasteiger partial charge in [0, 0.05) is 37.3 Å². The number of carbonyl (C=O) groups is 2. The third kappa shape index (κ3) is 3.88. The van der Waals surface area contributed by atoms with Gasteiger partial charge in [-0.1, -0.05) is 0 Å². The van der Waals surface area contributed by atoms with Crippen LogP contribution in [0.3, 0.4) is 0 Å². The number of amides is 2. The van der Waals surface area contributed by atoms with Gasteiger partial charge in [0.2, 0.25) is 15.9 Å². The Kier molecular flexibility index (Phi) is 5.44. The maximum absolute atomic E-state index is 12.8. The van der Waals surface area contributed by atoms with Crippen molar-refractivity contribution in [3.63, 3.8) is 0 Å². The third-order valence-corrected chi connectivity index (χ3v) is 6.48. The fraction of sp³-hybridized carbons (Fsp3) is 0.211. The summed E-state index contributed by atoms with van der Waals surface area (Å²) in [4.78, 5) is 25.3.